The molecule has 0 spiro atoms. The molecule has 4 rings (SSSR count). The van der Waals surface area contributed by atoms with Crippen LogP contribution < -0.4 is 0 Å². The van der Waals surface area contributed by atoms with E-state index in [1.165, 1.54) is 11.1 Å². The largest absolute Gasteiger partial charge is 0.386 e. The zero-order chi connectivity index (χ0) is 15.7. The van der Waals surface area contributed by atoms with Crippen LogP contribution in [0.25, 0.3) is 0 Å². The predicted molar refractivity (Wildman–Crippen MR) is 91.0 cm³/mol. The van der Waals surface area contributed by atoms with Crippen molar-refractivity contribution in [2.45, 2.75) is 17.9 Å². The molecule has 2 nitrogen and oxygen atoms in total. The maximum absolute atomic E-state index is 10.9. The lowest BCUT2D eigenvalue weighted by Crippen LogP contribution is -2.16. The molecule has 3 aromatic rings. The van der Waals surface area contributed by atoms with E-state index in [1.807, 2.05) is 30.3 Å². The van der Waals surface area contributed by atoms with Crippen molar-refractivity contribution in [3.8, 4) is 0 Å². The number of pyridine rings is 1. The summed E-state index contributed by atoms with van der Waals surface area (Å²) in [7, 11) is 0. The van der Waals surface area contributed by atoms with Crippen LogP contribution in [0.5, 0.6) is 0 Å². The molecule has 1 heterocycles. The average molecular weight is 301 g/mol. The summed E-state index contributed by atoms with van der Waals surface area (Å²) < 4.78 is 0. The molecule has 1 unspecified atom stereocenters. The molecule has 114 valence electrons. The van der Waals surface area contributed by atoms with Crippen molar-refractivity contribution in [1.82, 2.24) is 4.98 Å². The van der Waals surface area contributed by atoms with E-state index in [1.54, 1.807) is 6.20 Å². The molecular weight excluding hydrogens is 282 g/mol. The Morgan fingerprint density at radius 3 is 1.91 bits per heavy atom. The van der Waals surface area contributed by atoms with Gasteiger partial charge in [0.1, 0.15) is 0 Å². The summed E-state index contributed by atoms with van der Waals surface area (Å²) >= 11 is 0. The van der Waals surface area contributed by atoms with Gasteiger partial charge in [-0.25, -0.2) is 0 Å². The van der Waals surface area contributed by atoms with Gasteiger partial charge in [-0.15, -0.1) is 0 Å². The van der Waals surface area contributed by atoms with E-state index < -0.39 is 6.10 Å². The molecule has 0 bridgehead atoms. The second-order valence-electron chi connectivity index (χ2n) is 6.21. The summed E-state index contributed by atoms with van der Waals surface area (Å²) in [6.45, 7) is 0. The van der Waals surface area contributed by atoms with E-state index in [9.17, 15) is 5.11 Å². The minimum absolute atomic E-state index is 0.112. The van der Waals surface area contributed by atoms with Gasteiger partial charge in [-0.3, -0.25) is 4.98 Å². The van der Waals surface area contributed by atoms with Crippen molar-refractivity contribution in [2.24, 2.45) is 5.92 Å². The van der Waals surface area contributed by atoms with Crippen LogP contribution in [-0.2, 0) is 5.41 Å². The van der Waals surface area contributed by atoms with Crippen LogP contribution in [-0.4, -0.2) is 10.1 Å². The highest BCUT2D eigenvalue weighted by atomic mass is 16.3. The van der Waals surface area contributed by atoms with Gasteiger partial charge in [-0.2, -0.15) is 0 Å². The third kappa shape index (κ3) is 2.36. The standard InChI is InChI=1S/C21H19NO/c23-20(19-13-7-8-14-22-19)18-15-21(18,16-9-3-1-4-10-16)17-11-5-2-6-12-17/h1-14,18,20,23H,15H2/t18-,20?/m1/s1. The Bertz CT molecular complexity index is 731. The fraction of sp³-hybridized carbons (Fsp3) is 0.190. The van der Waals surface area contributed by atoms with Gasteiger partial charge >= 0.3 is 0 Å². The van der Waals surface area contributed by atoms with E-state index in [2.05, 4.69) is 53.5 Å². The van der Waals surface area contributed by atoms with Gasteiger partial charge in [0.2, 0.25) is 0 Å². The summed E-state index contributed by atoms with van der Waals surface area (Å²) in [5.41, 5.74) is 3.18. The lowest BCUT2D eigenvalue weighted by Gasteiger charge is -2.21. The lowest BCUT2D eigenvalue weighted by atomic mass is 9.84. The summed E-state index contributed by atoms with van der Waals surface area (Å²) in [5.74, 6) is 0.155. The fourth-order valence-corrected chi connectivity index (χ4v) is 3.73. The summed E-state index contributed by atoms with van der Waals surface area (Å²) in [6, 6.07) is 26.7. The van der Waals surface area contributed by atoms with Crippen molar-refractivity contribution in [3.63, 3.8) is 0 Å². The maximum atomic E-state index is 10.9. The Morgan fingerprint density at radius 1 is 0.826 bits per heavy atom. The van der Waals surface area contributed by atoms with E-state index in [4.69, 9.17) is 0 Å². The number of rotatable bonds is 4. The highest BCUT2D eigenvalue weighted by Gasteiger charge is 2.59. The SMILES string of the molecule is OC(c1ccccn1)[C@H]1CC1(c1ccccc1)c1ccccc1. The minimum Gasteiger partial charge on any atom is -0.386 e. The van der Waals surface area contributed by atoms with Crippen LogP contribution in [0.2, 0.25) is 0 Å². The van der Waals surface area contributed by atoms with E-state index in [0.29, 0.717) is 0 Å². The zero-order valence-corrected chi connectivity index (χ0v) is 12.8. The molecule has 1 saturated carbocycles. The molecule has 23 heavy (non-hydrogen) atoms. The Morgan fingerprint density at radius 2 is 1.39 bits per heavy atom. The average Bonchev–Trinajstić information content (AvgIpc) is 3.40. The summed E-state index contributed by atoms with van der Waals surface area (Å²) in [6.07, 6.45) is 2.14. The molecule has 2 aromatic carbocycles. The van der Waals surface area contributed by atoms with Gasteiger partial charge in [0.15, 0.2) is 0 Å². The Kier molecular flexibility index (Phi) is 3.47. The quantitative estimate of drug-likeness (QED) is 0.786. The second kappa shape index (κ2) is 5.64. The van der Waals surface area contributed by atoms with Crippen molar-refractivity contribution in [1.29, 1.82) is 0 Å². The van der Waals surface area contributed by atoms with Gasteiger partial charge in [0, 0.05) is 17.5 Å². The number of hydrogen-bond acceptors (Lipinski definition) is 2. The number of aliphatic hydroxyl groups is 1. The highest BCUT2D eigenvalue weighted by Crippen LogP contribution is 2.63. The predicted octanol–water partition coefficient (Wildman–Crippen LogP) is 4.12. The minimum atomic E-state index is -0.545. The Labute approximate surface area is 136 Å². The second-order valence-corrected chi connectivity index (χ2v) is 6.21. The zero-order valence-electron chi connectivity index (χ0n) is 12.8. The normalized spacial score (nSPS) is 20.0. The van der Waals surface area contributed by atoms with Crippen LogP contribution in [0, 0.1) is 5.92 Å². The molecule has 1 aromatic heterocycles. The number of aromatic nitrogens is 1. The molecule has 0 radical (unpaired) electrons. The molecule has 0 amide bonds. The first kappa shape index (κ1) is 14.2. The van der Waals surface area contributed by atoms with Crippen LogP contribution >= 0.6 is 0 Å². The first-order valence-electron chi connectivity index (χ1n) is 8.02. The first-order chi connectivity index (χ1) is 11.3. The third-order valence-electron chi connectivity index (χ3n) is 4.96. The number of hydrogen-bond donors (Lipinski definition) is 1. The van der Waals surface area contributed by atoms with Gasteiger partial charge in [0.25, 0.3) is 0 Å². The van der Waals surface area contributed by atoms with Gasteiger partial charge in [-0.05, 0) is 29.7 Å². The number of aliphatic hydroxyl groups excluding tert-OH is 1. The third-order valence-corrected chi connectivity index (χ3v) is 4.96. The maximum Gasteiger partial charge on any atom is 0.0999 e. The van der Waals surface area contributed by atoms with Crippen LogP contribution in [0.4, 0.5) is 0 Å². The van der Waals surface area contributed by atoms with Crippen LogP contribution in [0.15, 0.2) is 85.1 Å². The van der Waals surface area contributed by atoms with Crippen molar-refractivity contribution in [2.75, 3.05) is 0 Å². The fourth-order valence-electron chi connectivity index (χ4n) is 3.73. The van der Waals surface area contributed by atoms with Crippen molar-refractivity contribution in [3.05, 3.63) is 102 Å². The molecule has 2 heteroatoms. The molecule has 1 N–H and O–H groups in total. The molecule has 1 aliphatic carbocycles. The van der Waals surface area contributed by atoms with Gasteiger partial charge in [0.05, 0.1) is 11.8 Å². The smallest absolute Gasteiger partial charge is 0.0999 e. The monoisotopic (exact) mass is 301 g/mol. The van der Waals surface area contributed by atoms with Crippen molar-refractivity contribution >= 4 is 0 Å². The van der Waals surface area contributed by atoms with Crippen molar-refractivity contribution < 1.29 is 5.11 Å². The van der Waals surface area contributed by atoms with Gasteiger partial charge in [-0.1, -0.05) is 66.7 Å². The summed E-state index contributed by atoms with van der Waals surface area (Å²) in [5, 5.41) is 10.9. The molecule has 2 atom stereocenters. The Balaban J connectivity index is 1.76. The molecule has 1 aliphatic rings. The topological polar surface area (TPSA) is 33.1 Å². The molecular formula is C21H19NO. The number of nitrogens with zero attached hydrogens (tertiary/aromatic N) is 1. The number of benzene rings is 2. The molecule has 0 aliphatic heterocycles. The lowest BCUT2D eigenvalue weighted by molar-refractivity contribution is 0.141. The first-order valence-corrected chi connectivity index (χ1v) is 8.02. The van der Waals surface area contributed by atoms with Crippen LogP contribution in [0.1, 0.15) is 29.3 Å². The van der Waals surface area contributed by atoms with E-state index in [0.717, 1.165) is 12.1 Å². The highest BCUT2D eigenvalue weighted by molar-refractivity contribution is 5.48. The van der Waals surface area contributed by atoms with E-state index >= 15 is 0 Å². The van der Waals surface area contributed by atoms with Crippen LogP contribution in [0.3, 0.4) is 0 Å². The molecule has 0 saturated heterocycles. The van der Waals surface area contributed by atoms with E-state index in [-0.39, 0.29) is 11.3 Å². The summed E-state index contributed by atoms with van der Waals surface area (Å²) in [4.78, 5) is 4.34. The Hall–Kier alpha value is -2.45. The molecule has 1 fully saturated rings. The van der Waals surface area contributed by atoms with Gasteiger partial charge < -0.3 is 5.11 Å².